The lowest BCUT2D eigenvalue weighted by molar-refractivity contribution is 0.318. The van der Waals surface area contributed by atoms with Gasteiger partial charge in [0.15, 0.2) is 5.84 Å². The third-order valence-electron chi connectivity index (χ3n) is 2.20. The van der Waals surface area contributed by atoms with Crippen LogP contribution < -0.4 is 5.73 Å². The third kappa shape index (κ3) is 2.49. The normalized spacial score (nSPS) is 11.6. The molecule has 76 valence electrons. The Morgan fingerprint density at radius 1 is 1.43 bits per heavy atom. The van der Waals surface area contributed by atoms with Gasteiger partial charge >= 0.3 is 0 Å². The van der Waals surface area contributed by atoms with Crippen LogP contribution >= 0.6 is 0 Å². The Bertz CT molecular complexity index is 321. The largest absolute Gasteiger partial charge is 0.409 e. The first-order valence-electron chi connectivity index (χ1n) is 4.85. The Hall–Kier alpha value is -1.51. The summed E-state index contributed by atoms with van der Waals surface area (Å²) in [4.78, 5) is 0. The molecule has 0 saturated carbocycles. The second-order valence-electron chi connectivity index (χ2n) is 3.25. The van der Waals surface area contributed by atoms with Crippen LogP contribution in [-0.2, 0) is 6.42 Å². The maximum absolute atomic E-state index is 8.60. The van der Waals surface area contributed by atoms with Crippen LogP contribution in [0.1, 0.15) is 30.9 Å². The fraction of sp³-hybridized carbons (Fsp3) is 0.364. The van der Waals surface area contributed by atoms with Gasteiger partial charge in [-0.25, -0.2) is 0 Å². The van der Waals surface area contributed by atoms with E-state index in [1.807, 2.05) is 24.3 Å². The molecule has 0 atom stereocenters. The topological polar surface area (TPSA) is 58.6 Å². The summed E-state index contributed by atoms with van der Waals surface area (Å²) in [6, 6.07) is 7.76. The van der Waals surface area contributed by atoms with E-state index in [9.17, 15) is 0 Å². The number of amidine groups is 1. The third-order valence-corrected chi connectivity index (χ3v) is 2.20. The Balaban J connectivity index is 2.91. The van der Waals surface area contributed by atoms with Crippen LogP contribution in [0, 0.1) is 0 Å². The number of nitrogens with zero attached hydrogens (tertiary/aromatic N) is 1. The second-order valence-corrected chi connectivity index (χ2v) is 3.25. The number of hydrogen-bond donors (Lipinski definition) is 2. The highest BCUT2D eigenvalue weighted by Gasteiger charge is 2.04. The molecule has 3 heteroatoms. The molecule has 0 saturated heterocycles. The Morgan fingerprint density at radius 2 is 2.14 bits per heavy atom. The fourth-order valence-corrected chi connectivity index (χ4v) is 1.41. The van der Waals surface area contributed by atoms with Crippen LogP contribution in [0.2, 0.25) is 0 Å². The SMILES string of the molecule is CCCCc1ccccc1C(N)=NO. The van der Waals surface area contributed by atoms with Crippen molar-refractivity contribution in [3.8, 4) is 0 Å². The fourth-order valence-electron chi connectivity index (χ4n) is 1.41. The van der Waals surface area contributed by atoms with Gasteiger partial charge in [-0.15, -0.1) is 0 Å². The van der Waals surface area contributed by atoms with E-state index in [1.165, 1.54) is 0 Å². The van der Waals surface area contributed by atoms with Crippen molar-refractivity contribution in [3.63, 3.8) is 0 Å². The molecule has 0 fully saturated rings. The second kappa shape index (κ2) is 5.27. The number of oxime groups is 1. The highest BCUT2D eigenvalue weighted by atomic mass is 16.4. The van der Waals surface area contributed by atoms with Crippen molar-refractivity contribution in [1.29, 1.82) is 0 Å². The van der Waals surface area contributed by atoms with E-state index in [4.69, 9.17) is 10.9 Å². The van der Waals surface area contributed by atoms with Gasteiger partial charge in [0, 0.05) is 5.56 Å². The molecule has 0 aliphatic carbocycles. The van der Waals surface area contributed by atoms with Gasteiger partial charge in [0.05, 0.1) is 0 Å². The number of benzene rings is 1. The van der Waals surface area contributed by atoms with E-state index < -0.39 is 0 Å². The number of unbranched alkanes of at least 4 members (excludes halogenated alkanes) is 1. The predicted molar refractivity (Wildman–Crippen MR) is 57.6 cm³/mol. The summed E-state index contributed by atoms with van der Waals surface area (Å²) in [6.07, 6.45) is 3.24. The molecule has 0 radical (unpaired) electrons. The smallest absolute Gasteiger partial charge is 0.170 e. The molecule has 3 nitrogen and oxygen atoms in total. The Labute approximate surface area is 84.2 Å². The maximum atomic E-state index is 8.60. The van der Waals surface area contributed by atoms with Crippen LogP contribution in [0.25, 0.3) is 0 Å². The van der Waals surface area contributed by atoms with Gasteiger partial charge in [0.1, 0.15) is 0 Å². The Morgan fingerprint density at radius 3 is 2.79 bits per heavy atom. The molecule has 1 aromatic rings. The van der Waals surface area contributed by atoms with Crippen molar-refractivity contribution >= 4 is 5.84 Å². The first-order chi connectivity index (χ1) is 6.79. The van der Waals surface area contributed by atoms with E-state index in [0.717, 1.165) is 30.4 Å². The number of rotatable bonds is 4. The minimum absolute atomic E-state index is 0.191. The van der Waals surface area contributed by atoms with E-state index >= 15 is 0 Å². The zero-order valence-corrected chi connectivity index (χ0v) is 8.40. The van der Waals surface area contributed by atoms with Crippen molar-refractivity contribution in [1.82, 2.24) is 0 Å². The molecule has 0 aliphatic rings. The zero-order valence-electron chi connectivity index (χ0n) is 8.40. The van der Waals surface area contributed by atoms with Crippen molar-refractivity contribution in [3.05, 3.63) is 35.4 Å². The molecule has 0 spiro atoms. The molecule has 0 unspecified atom stereocenters. The first-order valence-corrected chi connectivity index (χ1v) is 4.85. The van der Waals surface area contributed by atoms with Crippen LogP contribution in [0.4, 0.5) is 0 Å². The minimum Gasteiger partial charge on any atom is -0.409 e. The molecular weight excluding hydrogens is 176 g/mol. The van der Waals surface area contributed by atoms with Crippen LogP contribution in [0.5, 0.6) is 0 Å². The van der Waals surface area contributed by atoms with Gasteiger partial charge < -0.3 is 10.9 Å². The summed E-state index contributed by atoms with van der Waals surface area (Å²) < 4.78 is 0. The molecule has 3 N–H and O–H groups in total. The summed E-state index contributed by atoms with van der Waals surface area (Å²) in [5.74, 6) is 0.191. The average Bonchev–Trinajstić information content (AvgIpc) is 2.25. The van der Waals surface area contributed by atoms with Gasteiger partial charge in [-0.3, -0.25) is 0 Å². The van der Waals surface area contributed by atoms with E-state index in [0.29, 0.717) is 0 Å². The summed E-state index contributed by atoms with van der Waals surface area (Å²) >= 11 is 0. The maximum Gasteiger partial charge on any atom is 0.170 e. The van der Waals surface area contributed by atoms with E-state index in [-0.39, 0.29) is 5.84 Å². The van der Waals surface area contributed by atoms with Crippen LogP contribution in [0.15, 0.2) is 29.4 Å². The van der Waals surface area contributed by atoms with Gasteiger partial charge in [0.25, 0.3) is 0 Å². The molecule has 0 amide bonds. The molecule has 14 heavy (non-hydrogen) atoms. The standard InChI is InChI=1S/C11H16N2O/c1-2-3-6-9-7-4-5-8-10(9)11(12)13-14/h4-5,7-8,14H,2-3,6H2,1H3,(H2,12,13). The van der Waals surface area contributed by atoms with Gasteiger partial charge in [0.2, 0.25) is 0 Å². The summed E-state index contributed by atoms with van der Waals surface area (Å²) in [5.41, 5.74) is 7.55. The molecule has 0 bridgehead atoms. The minimum atomic E-state index is 0.191. The molecule has 1 rings (SSSR count). The average molecular weight is 192 g/mol. The molecule has 0 aromatic heterocycles. The van der Waals surface area contributed by atoms with Gasteiger partial charge in [-0.05, 0) is 18.4 Å². The van der Waals surface area contributed by atoms with Crippen molar-refractivity contribution < 1.29 is 5.21 Å². The van der Waals surface area contributed by atoms with Crippen molar-refractivity contribution in [2.24, 2.45) is 10.9 Å². The zero-order chi connectivity index (χ0) is 10.4. The lowest BCUT2D eigenvalue weighted by Crippen LogP contribution is -2.15. The number of nitrogens with two attached hydrogens (primary N) is 1. The number of hydrogen-bond acceptors (Lipinski definition) is 2. The summed E-state index contributed by atoms with van der Waals surface area (Å²) in [5, 5.41) is 11.6. The van der Waals surface area contributed by atoms with E-state index in [1.54, 1.807) is 0 Å². The monoisotopic (exact) mass is 192 g/mol. The van der Waals surface area contributed by atoms with Crippen molar-refractivity contribution in [2.75, 3.05) is 0 Å². The van der Waals surface area contributed by atoms with E-state index in [2.05, 4.69) is 12.1 Å². The number of aryl methyl sites for hydroxylation is 1. The molecule has 0 heterocycles. The molecular formula is C11H16N2O. The molecule has 1 aromatic carbocycles. The molecule has 0 aliphatic heterocycles. The predicted octanol–water partition coefficient (Wildman–Crippen LogP) is 2.12. The van der Waals surface area contributed by atoms with Crippen LogP contribution in [0.3, 0.4) is 0 Å². The summed E-state index contributed by atoms with van der Waals surface area (Å²) in [6.45, 7) is 2.14. The Kier molecular flexibility index (Phi) is 3.98. The lowest BCUT2D eigenvalue weighted by Gasteiger charge is -2.06. The highest BCUT2D eigenvalue weighted by Crippen LogP contribution is 2.11. The van der Waals surface area contributed by atoms with Crippen molar-refractivity contribution in [2.45, 2.75) is 26.2 Å². The summed E-state index contributed by atoms with van der Waals surface area (Å²) in [7, 11) is 0. The van der Waals surface area contributed by atoms with Gasteiger partial charge in [-0.1, -0.05) is 42.8 Å². The first kappa shape index (κ1) is 10.6. The van der Waals surface area contributed by atoms with Crippen LogP contribution in [-0.4, -0.2) is 11.0 Å². The quantitative estimate of drug-likeness (QED) is 0.332. The highest BCUT2D eigenvalue weighted by molar-refractivity contribution is 5.98. The lowest BCUT2D eigenvalue weighted by atomic mass is 10.0. The van der Waals surface area contributed by atoms with Gasteiger partial charge in [-0.2, -0.15) is 0 Å².